The molecule has 1 rings (SSSR count). The first-order chi connectivity index (χ1) is 7.31. The van der Waals surface area contributed by atoms with Gasteiger partial charge >= 0.3 is 6.09 Å². The van der Waals surface area contributed by atoms with Crippen LogP contribution in [0, 0.1) is 0 Å². The Hall–Kier alpha value is -0.850. The Balaban J connectivity index is 2.67. The van der Waals surface area contributed by atoms with Gasteiger partial charge in [0.15, 0.2) is 6.23 Å². The lowest BCUT2D eigenvalue weighted by Crippen LogP contribution is -2.71. The number of aliphatic hydroxyl groups excluding tert-OH is 2. The average Bonchev–Trinajstić information content (AvgIpc) is 2.12. The van der Waals surface area contributed by atoms with Crippen molar-refractivity contribution in [1.82, 2.24) is 4.90 Å². The van der Waals surface area contributed by atoms with Gasteiger partial charge in [-0.15, -0.1) is 0 Å². The number of amides is 1. The van der Waals surface area contributed by atoms with E-state index in [4.69, 9.17) is 14.6 Å². The summed E-state index contributed by atoms with van der Waals surface area (Å²) < 4.78 is 10.1. The van der Waals surface area contributed by atoms with Gasteiger partial charge in [0.05, 0.1) is 12.6 Å². The molecule has 0 aromatic heterocycles. The summed E-state index contributed by atoms with van der Waals surface area (Å²) in [5, 5.41) is 18.6. The summed E-state index contributed by atoms with van der Waals surface area (Å²) in [4.78, 5) is 12.9. The van der Waals surface area contributed by atoms with E-state index in [1.807, 2.05) is 0 Å². The normalized spacial score (nSPS) is 29.9. The topological polar surface area (TPSA) is 79.2 Å². The molecule has 1 amide bonds. The molecular formula is C10H19NO5. The molecule has 0 spiro atoms. The molecule has 0 aliphatic carbocycles. The molecule has 1 aliphatic rings. The van der Waals surface area contributed by atoms with E-state index < -0.39 is 30.1 Å². The maximum atomic E-state index is 11.7. The summed E-state index contributed by atoms with van der Waals surface area (Å²) in [6, 6.07) is -0.653. The largest absolute Gasteiger partial charge is 0.444 e. The predicted octanol–water partition coefficient (Wildman–Crippen LogP) is -0.0686. The second kappa shape index (κ2) is 4.57. The summed E-state index contributed by atoms with van der Waals surface area (Å²) in [5.41, 5.74) is -0.615. The van der Waals surface area contributed by atoms with Gasteiger partial charge in [-0.1, -0.05) is 0 Å². The zero-order valence-electron chi connectivity index (χ0n) is 10.0. The molecule has 0 saturated carbocycles. The summed E-state index contributed by atoms with van der Waals surface area (Å²) >= 11 is 0. The molecule has 0 bridgehead atoms. The molecule has 0 unspecified atom stereocenters. The Morgan fingerprint density at radius 2 is 2.00 bits per heavy atom. The van der Waals surface area contributed by atoms with Gasteiger partial charge < -0.3 is 19.7 Å². The molecule has 0 radical (unpaired) electrons. The molecule has 94 valence electrons. The predicted molar refractivity (Wildman–Crippen MR) is 55.8 cm³/mol. The highest BCUT2D eigenvalue weighted by atomic mass is 16.6. The van der Waals surface area contributed by atoms with Gasteiger partial charge in [-0.2, -0.15) is 0 Å². The number of aliphatic hydroxyl groups is 2. The first-order valence-electron chi connectivity index (χ1n) is 5.15. The molecule has 1 aliphatic heterocycles. The highest BCUT2D eigenvalue weighted by Gasteiger charge is 2.51. The molecule has 6 nitrogen and oxygen atoms in total. The van der Waals surface area contributed by atoms with Gasteiger partial charge in [0, 0.05) is 7.11 Å². The van der Waals surface area contributed by atoms with E-state index in [0.717, 1.165) is 0 Å². The molecule has 1 heterocycles. The minimum absolute atomic E-state index is 0.319. The van der Waals surface area contributed by atoms with Crippen LogP contribution in [0.2, 0.25) is 0 Å². The van der Waals surface area contributed by atoms with Crippen LogP contribution in [0.4, 0.5) is 4.79 Å². The third-order valence-electron chi connectivity index (χ3n) is 2.35. The molecule has 0 aromatic rings. The van der Waals surface area contributed by atoms with Crippen LogP contribution < -0.4 is 0 Å². The third kappa shape index (κ3) is 2.45. The van der Waals surface area contributed by atoms with Crippen molar-refractivity contribution in [3.63, 3.8) is 0 Å². The lowest BCUT2D eigenvalue weighted by Gasteiger charge is -2.50. The van der Waals surface area contributed by atoms with E-state index in [9.17, 15) is 9.90 Å². The number of hydrogen-bond acceptors (Lipinski definition) is 5. The smallest absolute Gasteiger partial charge is 0.412 e. The molecule has 1 saturated heterocycles. The van der Waals surface area contributed by atoms with E-state index >= 15 is 0 Å². The number of likely N-dealkylation sites (tertiary alicyclic amines) is 1. The Morgan fingerprint density at radius 3 is 2.38 bits per heavy atom. The van der Waals surface area contributed by atoms with Gasteiger partial charge in [0.25, 0.3) is 0 Å². The van der Waals surface area contributed by atoms with Crippen LogP contribution in [0.15, 0.2) is 0 Å². The SMILES string of the molecule is CO[C@H]1[C@H](O)[C@@H](CO)N1C(=O)OC(C)(C)C. The van der Waals surface area contributed by atoms with E-state index in [1.54, 1.807) is 20.8 Å². The summed E-state index contributed by atoms with van der Waals surface area (Å²) in [5.74, 6) is 0. The van der Waals surface area contributed by atoms with Crippen LogP contribution in [-0.2, 0) is 9.47 Å². The van der Waals surface area contributed by atoms with Gasteiger partial charge in [0.1, 0.15) is 11.7 Å². The zero-order chi connectivity index (χ0) is 12.5. The van der Waals surface area contributed by atoms with Gasteiger partial charge in [0.2, 0.25) is 0 Å². The van der Waals surface area contributed by atoms with Crippen molar-refractivity contribution in [2.75, 3.05) is 13.7 Å². The Bertz CT molecular complexity index is 250. The van der Waals surface area contributed by atoms with Gasteiger partial charge in [-0.25, -0.2) is 4.79 Å². The van der Waals surface area contributed by atoms with Crippen molar-refractivity contribution in [3.8, 4) is 0 Å². The Labute approximate surface area is 94.8 Å². The van der Waals surface area contributed by atoms with Crippen LogP contribution in [0.3, 0.4) is 0 Å². The molecule has 0 aromatic carbocycles. The highest BCUT2D eigenvalue weighted by Crippen LogP contribution is 2.28. The number of nitrogens with zero attached hydrogens (tertiary/aromatic N) is 1. The van der Waals surface area contributed by atoms with Crippen LogP contribution in [-0.4, -0.2) is 58.9 Å². The standard InChI is InChI=1S/C10H19NO5/c1-10(2,3)16-9(14)11-6(5-12)7(13)8(11)15-4/h6-8,12-13H,5H2,1-4H3/t6-,7-,8+/m1/s1. The maximum absolute atomic E-state index is 11.7. The first-order valence-corrected chi connectivity index (χ1v) is 5.15. The van der Waals surface area contributed by atoms with Crippen molar-refractivity contribution < 1.29 is 24.5 Å². The summed E-state index contributed by atoms with van der Waals surface area (Å²) in [7, 11) is 1.39. The number of hydrogen-bond donors (Lipinski definition) is 2. The Morgan fingerprint density at radius 1 is 1.44 bits per heavy atom. The van der Waals surface area contributed by atoms with Crippen molar-refractivity contribution in [1.29, 1.82) is 0 Å². The van der Waals surface area contributed by atoms with E-state index in [-0.39, 0.29) is 6.61 Å². The molecule has 1 fully saturated rings. The van der Waals surface area contributed by atoms with E-state index in [1.165, 1.54) is 12.0 Å². The third-order valence-corrected chi connectivity index (χ3v) is 2.35. The lowest BCUT2D eigenvalue weighted by atomic mass is 9.98. The Kier molecular flexibility index (Phi) is 3.77. The molecule has 2 N–H and O–H groups in total. The molecule has 6 heteroatoms. The van der Waals surface area contributed by atoms with E-state index in [0.29, 0.717) is 0 Å². The number of carbonyl (C=O) groups is 1. The second-order valence-electron chi connectivity index (χ2n) is 4.75. The van der Waals surface area contributed by atoms with Gasteiger partial charge in [-0.05, 0) is 20.8 Å². The van der Waals surface area contributed by atoms with Crippen molar-refractivity contribution in [3.05, 3.63) is 0 Å². The summed E-state index contributed by atoms with van der Waals surface area (Å²) in [6.07, 6.45) is -2.21. The first kappa shape index (κ1) is 13.2. The fourth-order valence-corrected chi connectivity index (χ4v) is 1.61. The zero-order valence-corrected chi connectivity index (χ0v) is 10.0. The highest BCUT2D eigenvalue weighted by molar-refractivity contribution is 5.70. The number of rotatable bonds is 2. The van der Waals surface area contributed by atoms with Crippen LogP contribution in [0.1, 0.15) is 20.8 Å². The fraction of sp³-hybridized carbons (Fsp3) is 0.900. The van der Waals surface area contributed by atoms with Crippen molar-refractivity contribution >= 4 is 6.09 Å². The molecular weight excluding hydrogens is 214 g/mol. The van der Waals surface area contributed by atoms with E-state index in [2.05, 4.69) is 0 Å². The van der Waals surface area contributed by atoms with Crippen LogP contribution >= 0.6 is 0 Å². The van der Waals surface area contributed by atoms with Crippen molar-refractivity contribution in [2.45, 2.75) is 44.7 Å². The molecule has 16 heavy (non-hydrogen) atoms. The van der Waals surface area contributed by atoms with Crippen LogP contribution in [0.5, 0.6) is 0 Å². The minimum atomic E-state index is -0.873. The van der Waals surface area contributed by atoms with Crippen LogP contribution in [0.25, 0.3) is 0 Å². The number of ether oxygens (including phenoxy) is 2. The maximum Gasteiger partial charge on any atom is 0.412 e. The average molecular weight is 233 g/mol. The van der Waals surface area contributed by atoms with Gasteiger partial charge in [-0.3, -0.25) is 4.90 Å². The molecule has 3 atom stereocenters. The fourth-order valence-electron chi connectivity index (χ4n) is 1.61. The number of methoxy groups -OCH3 is 1. The monoisotopic (exact) mass is 233 g/mol. The number of carbonyl (C=O) groups excluding carboxylic acids is 1. The lowest BCUT2D eigenvalue weighted by molar-refractivity contribution is -0.219. The van der Waals surface area contributed by atoms with Crippen molar-refractivity contribution in [2.24, 2.45) is 0 Å². The summed E-state index contributed by atoms with van der Waals surface area (Å²) in [6.45, 7) is 4.92. The second-order valence-corrected chi connectivity index (χ2v) is 4.75. The minimum Gasteiger partial charge on any atom is -0.444 e. The quantitative estimate of drug-likeness (QED) is 0.698.